The van der Waals surface area contributed by atoms with E-state index in [0.29, 0.717) is 12.4 Å². The highest BCUT2D eigenvalue weighted by Gasteiger charge is 2.11. The van der Waals surface area contributed by atoms with Crippen molar-refractivity contribution >= 4 is 17.3 Å². The van der Waals surface area contributed by atoms with Crippen molar-refractivity contribution in [1.29, 1.82) is 0 Å². The summed E-state index contributed by atoms with van der Waals surface area (Å²) in [6.45, 7) is 3.71. The first-order valence-corrected chi connectivity index (χ1v) is 10.4. The largest absolute Gasteiger partial charge is 0.489 e. The Morgan fingerprint density at radius 3 is 2.16 bits per heavy atom. The standard InChI is InChI=1S/C25H26N2O4/c28-25(26-21-6-8-22(9-7-21)27-14-16-29-17-15-27)19-31-24-12-10-23(11-13-24)30-18-20-4-2-1-3-5-20/h1-13H,14-19H2,(H,26,28). The normalized spacial score (nSPS) is 13.5. The van der Waals surface area contributed by atoms with Crippen molar-refractivity contribution in [3.63, 3.8) is 0 Å². The number of rotatable bonds is 8. The summed E-state index contributed by atoms with van der Waals surface area (Å²) < 4.78 is 16.7. The summed E-state index contributed by atoms with van der Waals surface area (Å²) in [7, 11) is 0. The van der Waals surface area contributed by atoms with E-state index < -0.39 is 0 Å². The minimum atomic E-state index is -0.205. The topological polar surface area (TPSA) is 60.0 Å². The van der Waals surface area contributed by atoms with Gasteiger partial charge in [0.05, 0.1) is 13.2 Å². The van der Waals surface area contributed by atoms with Crippen molar-refractivity contribution in [1.82, 2.24) is 0 Å². The average Bonchev–Trinajstić information content (AvgIpc) is 2.84. The number of morpholine rings is 1. The third-order valence-electron chi connectivity index (χ3n) is 4.97. The van der Waals surface area contributed by atoms with Crippen LogP contribution in [0.1, 0.15) is 5.56 Å². The van der Waals surface area contributed by atoms with Crippen molar-refractivity contribution in [2.45, 2.75) is 6.61 Å². The number of carbonyl (C=O) groups is 1. The van der Waals surface area contributed by atoms with Crippen molar-refractivity contribution in [3.05, 3.63) is 84.4 Å². The zero-order valence-electron chi connectivity index (χ0n) is 17.3. The lowest BCUT2D eigenvalue weighted by atomic mass is 10.2. The second-order valence-corrected chi connectivity index (χ2v) is 7.23. The van der Waals surface area contributed by atoms with Crippen LogP contribution in [0.4, 0.5) is 11.4 Å². The molecule has 1 N–H and O–H groups in total. The molecule has 1 amide bonds. The number of nitrogens with zero attached hydrogens (tertiary/aromatic N) is 1. The van der Waals surface area contributed by atoms with E-state index in [1.807, 2.05) is 66.7 Å². The predicted octanol–water partition coefficient (Wildman–Crippen LogP) is 4.12. The van der Waals surface area contributed by atoms with Crippen LogP contribution in [0.25, 0.3) is 0 Å². The third-order valence-corrected chi connectivity index (χ3v) is 4.97. The molecular formula is C25H26N2O4. The smallest absolute Gasteiger partial charge is 0.262 e. The molecule has 0 spiro atoms. The van der Waals surface area contributed by atoms with E-state index in [2.05, 4.69) is 10.2 Å². The van der Waals surface area contributed by atoms with Gasteiger partial charge < -0.3 is 24.4 Å². The van der Waals surface area contributed by atoms with Gasteiger partial charge in [0.15, 0.2) is 6.61 Å². The molecule has 1 heterocycles. The lowest BCUT2D eigenvalue weighted by Crippen LogP contribution is -2.36. The van der Waals surface area contributed by atoms with Gasteiger partial charge >= 0.3 is 0 Å². The number of nitrogens with one attached hydrogen (secondary N) is 1. The Morgan fingerprint density at radius 2 is 1.48 bits per heavy atom. The zero-order valence-corrected chi connectivity index (χ0v) is 17.3. The molecule has 0 aromatic heterocycles. The summed E-state index contributed by atoms with van der Waals surface area (Å²) in [6.07, 6.45) is 0. The monoisotopic (exact) mass is 418 g/mol. The van der Waals surface area contributed by atoms with Crippen LogP contribution in [0, 0.1) is 0 Å². The van der Waals surface area contributed by atoms with Gasteiger partial charge in [0, 0.05) is 24.5 Å². The van der Waals surface area contributed by atoms with Gasteiger partial charge in [-0.2, -0.15) is 0 Å². The molecule has 31 heavy (non-hydrogen) atoms. The molecule has 6 heteroatoms. The number of ether oxygens (including phenoxy) is 3. The average molecular weight is 418 g/mol. The van der Waals surface area contributed by atoms with Gasteiger partial charge in [-0.05, 0) is 54.1 Å². The molecule has 1 aliphatic heterocycles. The maximum absolute atomic E-state index is 12.2. The maximum Gasteiger partial charge on any atom is 0.262 e. The Hall–Kier alpha value is -3.51. The molecule has 0 aliphatic carbocycles. The van der Waals surface area contributed by atoms with Crippen LogP contribution in [-0.4, -0.2) is 38.8 Å². The Kier molecular flexibility index (Phi) is 7.03. The van der Waals surface area contributed by atoms with Crippen molar-refractivity contribution in [2.24, 2.45) is 0 Å². The number of benzene rings is 3. The summed E-state index contributed by atoms with van der Waals surface area (Å²) in [5.74, 6) is 1.16. The van der Waals surface area contributed by atoms with Gasteiger partial charge in [-0.25, -0.2) is 0 Å². The molecule has 1 saturated heterocycles. The first-order chi connectivity index (χ1) is 15.3. The SMILES string of the molecule is O=C(COc1ccc(OCc2ccccc2)cc1)Nc1ccc(N2CCOCC2)cc1. The molecule has 3 aromatic rings. The first-order valence-electron chi connectivity index (χ1n) is 10.4. The molecular weight excluding hydrogens is 392 g/mol. The van der Waals surface area contributed by atoms with Crippen LogP contribution in [0.2, 0.25) is 0 Å². The summed E-state index contributed by atoms with van der Waals surface area (Å²) in [4.78, 5) is 14.5. The van der Waals surface area contributed by atoms with E-state index in [-0.39, 0.29) is 12.5 Å². The fourth-order valence-electron chi connectivity index (χ4n) is 3.30. The Balaban J connectivity index is 1.21. The van der Waals surface area contributed by atoms with Crippen molar-refractivity contribution in [3.8, 4) is 11.5 Å². The lowest BCUT2D eigenvalue weighted by molar-refractivity contribution is -0.118. The van der Waals surface area contributed by atoms with Crippen LogP contribution in [0.5, 0.6) is 11.5 Å². The maximum atomic E-state index is 12.2. The van der Waals surface area contributed by atoms with Crippen LogP contribution in [-0.2, 0) is 16.1 Å². The van der Waals surface area contributed by atoms with Gasteiger partial charge in [-0.1, -0.05) is 30.3 Å². The lowest BCUT2D eigenvalue weighted by Gasteiger charge is -2.28. The molecule has 0 radical (unpaired) electrons. The molecule has 3 aromatic carbocycles. The summed E-state index contributed by atoms with van der Waals surface area (Å²) in [5.41, 5.74) is 2.99. The Labute approximate surface area is 182 Å². The fraction of sp³-hybridized carbons (Fsp3) is 0.240. The third kappa shape index (κ3) is 6.23. The van der Waals surface area contributed by atoms with Crippen LogP contribution >= 0.6 is 0 Å². The molecule has 1 fully saturated rings. The molecule has 0 unspecified atom stereocenters. The van der Waals surface area contributed by atoms with Crippen molar-refractivity contribution < 1.29 is 19.0 Å². The Morgan fingerprint density at radius 1 is 0.839 bits per heavy atom. The van der Waals surface area contributed by atoms with E-state index >= 15 is 0 Å². The highest BCUT2D eigenvalue weighted by atomic mass is 16.5. The van der Waals surface area contributed by atoms with E-state index in [4.69, 9.17) is 14.2 Å². The zero-order chi connectivity index (χ0) is 21.3. The van der Waals surface area contributed by atoms with E-state index in [9.17, 15) is 4.79 Å². The number of anilines is 2. The number of carbonyl (C=O) groups excluding carboxylic acids is 1. The predicted molar refractivity (Wildman–Crippen MR) is 121 cm³/mol. The summed E-state index contributed by atoms with van der Waals surface area (Å²) in [5, 5.41) is 2.86. The highest BCUT2D eigenvalue weighted by molar-refractivity contribution is 5.92. The van der Waals surface area contributed by atoms with Gasteiger partial charge in [-0.15, -0.1) is 0 Å². The number of hydrogen-bond donors (Lipinski definition) is 1. The second-order valence-electron chi connectivity index (χ2n) is 7.23. The molecule has 0 saturated carbocycles. The number of hydrogen-bond acceptors (Lipinski definition) is 5. The van der Waals surface area contributed by atoms with Gasteiger partial charge in [0.1, 0.15) is 18.1 Å². The molecule has 1 aliphatic rings. The Bertz CT molecular complexity index is 953. The van der Waals surface area contributed by atoms with E-state index in [0.717, 1.165) is 49.0 Å². The molecule has 0 bridgehead atoms. The van der Waals surface area contributed by atoms with E-state index in [1.165, 1.54) is 0 Å². The van der Waals surface area contributed by atoms with Crippen LogP contribution in [0.15, 0.2) is 78.9 Å². The fourth-order valence-corrected chi connectivity index (χ4v) is 3.30. The summed E-state index contributed by atoms with van der Waals surface area (Å²) in [6, 6.07) is 25.1. The second kappa shape index (κ2) is 10.5. The van der Waals surface area contributed by atoms with Crippen molar-refractivity contribution in [2.75, 3.05) is 43.1 Å². The number of amides is 1. The molecule has 4 rings (SSSR count). The van der Waals surface area contributed by atoms with Crippen LogP contribution < -0.4 is 19.7 Å². The minimum absolute atomic E-state index is 0.0601. The minimum Gasteiger partial charge on any atom is -0.489 e. The van der Waals surface area contributed by atoms with E-state index in [1.54, 1.807) is 12.1 Å². The molecule has 6 nitrogen and oxygen atoms in total. The van der Waals surface area contributed by atoms with Gasteiger partial charge in [0.25, 0.3) is 5.91 Å². The van der Waals surface area contributed by atoms with Crippen LogP contribution in [0.3, 0.4) is 0 Å². The first kappa shape index (κ1) is 20.8. The summed E-state index contributed by atoms with van der Waals surface area (Å²) >= 11 is 0. The highest BCUT2D eigenvalue weighted by Crippen LogP contribution is 2.20. The molecule has 160 valence electrons. The van der Waals surface area contributed by atoms with Gasteiger partial charge in [0.2, 0.25) is 0 Å². The quantitative estimate of drug-likeness (QED) is 0.596. The van der Waals surface area contributed by atoms with Gasteiger partial charge in [-0.3, -0.25) is 4.79 Å². The molecule has 0 atom stereocenters.